The molecule has 0 spiro atoms. The van der Waals surface area contributed by atoms with E-state index in [9.17, 15) is 9.59 Å². The Bertz CT molecular complexity index is 460. The lowest BCUT2D eigenvalue weighted by Gasteiger charge is -2.14. The fraction of sp³-hybridized carbons (Fsp3) is 0.333. The van der Waals surface area contributed by atoms with Gasteiger partial charge >= 0.3 is 12.1 Å². The highest BCUT2D eigenvalue weighted by Crippen LogP contribution is 2.16. The first-order chi connectivity index (χ1) is 8.60. The summed E-state index contributed by atoms with van der Waals surface area (Å²) in [7, 11) is 1.27. The molecule has 1 aliphatic heterocycles. The van der Waals surface area contributed by atoms with Crippen LogP contribution in [0.15, 0.2) is 29.2 Å². The highest BCUT2D eigenvalue weighted by atomic mass is 32.1. The Morgan fingerprint density at radius 3 is 2.72 bits per heavy atom. The zero-order valence-corrected chi connectivity index (χ0v) is 10.6. The second-order valence-electron chi connectivity index (χ2n) is 3.97. The number of carbonyl (C=O) groups excluding carboxylic acids is 2. The van der Waals surface area contributed by atoms with Crippen LogP contribution in [0.5, 0.6) is 0 Å². The van der Waals surface area contributed by atoms with Crippen molar-refractivity contribution in [3.63, 3.8) is 0 Å². The number of hydrogen-bond acceptors (Lipinski definition) is 5. The minimum atomic E-state index is -0.891. The quantitative estimate of drug-likeness (QED) is 0.637. The molecule has 1 aromatic carbocycles. The third kappa shape index (κ3) is 2.76. The van der Waals surface area contributed by atoms with Crippen molar-refractivity contribution in [3.8, 4) is 0 Å². The molecular weight excluding hydrogens is 254 g/mol. The monoisotopic (exact) mass is 267 g/mol. The first-order valence-electron chi connectivity index (χ1n) is 5.43. The zero-order valence-electron chi connectivity index (χ0n) is 9.75. The van der Waals surface area contributed by atoms with Crippen LogP contribution in [-0.4, -0.2) is 31.3 Å². The van der Waals surface area contributed by atoms with Gasteiger partial charge in [-0.25, -0.2) is 9.59 Å². The summed E-state index contributed by atoms with van der Waals surface area (Å²) in [5.41, 5.74) is 0.984. The average Bonchev–Trinajstić information content (AvgIpc) is 2.72. The van der Waals surface area contributed by atoms with Crippen molar-refractivity contribution in [1.82, 2.24) is 5.32 Å². The molecule has 0 bridgehead atoms. The number of ether oxygens (including phenoxy) is 2. The molecule has 0 saturated carbocycles. The van der Waals surface area contributed by atoms with Crippen LogP contribution in [0.1, 0.15) is 5.56 Å². The third-order valence-electron chi connectivity index (χ3n) is 2.73. The van der Waals surface area contributed by atoms with Gasteiger partial charge in [0.25, 0.3) is 0 Å². The molecule has 0 radical (unpaired) electrons. The minimum Gasteiger partial charge on any atom is -0.466 e. The molecule has 5 nitrogen and oxygen atoms in total. The molecule has 2 rings (SSSR count). The number of benzene rings is 1. The van der Waals surface area contributed by atoms with Crippen molar-refractivity contribution in [2.24, 2.45) is 0 Å². The van der Waals surface area contributed by atoms with Crippen LogP contribution in [0.25, 0.3) is 0 Å². The van der Waals surface area contributed by atoms with Crippen LogP contribution < -0.4 is 5.32 Å². The predicted octanol–water partition coefficient (Wildman–Crippen LogP) is 1.17. The van der Waals surface area contributed by atoms with Gasteiger partial charge in [0.05, 0.1) is 13.2 Å². The normalized spacial score (nSPS) is 22.2. The van der Waals surface area contributed by atoms with Crippen LogP contribution in [-0.2, 0) is 20.7 Å². The largest absolute Gasteiger partial charge is 0.466 e. The van der Waals surface area contributed by atoms with Crippen LogP contribution in [0.2, 0.25) is 0 Å². The van der Waals surface area contributed by atoms with E-state index in [4.69, 9.17) is 4.74 Å². The van der Waals surface area contributed by atoms with E-state index in [0.29, 0.717) is 6.42 Å². The number of esters is 1. The SMILES string of the molecule is COC(=O)C1OC(=O)NC1Cc1ccc(S)cc1. The number of thiol groups is 1. The third-order valence-corrected chi connectivity index (χ3v) is 3.03. The van der Waals surface area contributed by atoms with Crippen LogP contribution in [0.3, 0.4) is 0 Å². The standard InChI is InChI=1S/C12H13NO4S/c1-16-11(14)10-9(13-12(15)17-10)6-7-2-4-8(18)5-3-7/h2-5,9-10,18H,6H2,1H3,(H,13,15). The molecule has 1 aliphatic rings. The van der Waals surface area contributed by atoms with Gasteiger partial charge in [0.2, 0.25) is 6.10 Å². The van der Waals surface area contributed by atoms with Crippen molar-refractivity contribution in [1.29, 1.82) is 0 Å². The number of rotatable bonds is 3. The maximum absolute atomic E-state index is 11.5. The van der Waals surface area contributed by atoms with E-state index < -0.39 is 24.2 Å². The Labute approximate surface area is 110 Å². The molecule has 18 heavy (non-hydrogen) atoms. The van der Waals surface area contributed by atoms with Gasteiger partial charge in [-0.05, 0) is 24.1 Å². The van der Waals surface area contributed by atoms with Crippen LogP contribution in [0.4, 0.5) is 4.79 Å². The maximum Gasteiger partial charge on any atom is 0.408 e. The van der Waals surface area contributed by atoms with Gasteiger partial charge in [-0.3, -0.25) is 0 Å². The van der Waals surface area contributed by atoms with Crippen LogP contribution in [0, 0.1) is 0 Å². The van der Waals surface area contributed by atoms with Gasteiger partial charge in [-0.1, -0.05) is 12.1 Å². The van der Waals surface area contributed by atoms with Crippen molar-refractivity contribution in [3.05, 3.63) is 29.8 Å². The lowest BCUT2D eigenvalue weighted by atomic mass is 10.0. The maximum atomic E-state index is 11.5. The molecule has 1 aromatic rings. The van der Waals surface area contributed by atoms with Gasteiger partial charge in [0.15, 0.2) is 0 Å². The Hall–Kier alpha value is -1.69. The highest BCUT2D eigenvalue weighted by Gasteiger charge is 2.40. The molecule has 1 fully saturated rings. The molecule has 0 aliphatic carbocycles. The fourth-order valence-electron chi connectivity index (χ4n) is 1.83. The van der Waals surface area contributed by atoms with E-state index >= 15 is 0 Å². The van der Waals surface area contributed by atoms with E-state index in [0.717, 1.165) is 10.5 Å². The summed E-state index contributed by atoms with van der Waals surface area (Å²) in [4.78, 5) is 23.5. The molecule has 1 N–H and O–H groups in total. The number of carbonyl (C=O) groups is 2. The summed E-state index contributed by atoms with van der Waals surface area (Å²) in [6, 6.07) is 7.07. The number of alkyl carbamates (subject to hydrolysis) is 1. The summed E-state index contributed by atoms with van der Waals surface area (Å²) < 4.78 is 9.48. The highest BCUT2D eigenvalue weighted by molar-refractivity contribution is 7.80. The second kappa shape index (κ2) is 5.30. The Balaban J connectivity index is 2.09. The average molecular weight is 267 g/mol. The fourth-order valence-corrected chi connectivity index (χ4v) is 1.98. The molecule has 1 saturated heterocycles. The summed E-state index contributed by atoms with van der Waals surface area (Å²) in [6.45, 7) is 0. The first kappa shape index (κ1) is 12.8. The van der Waals surface area contributed by atoms with E-state index in [1.807, 2.05) is 24.3 Å². The van der Waals surface area contributed by atoms with Gasteiger partial charge in [0.1, 0.15) is 0 Å². The number of hydrogen-bond donors (Lipinski definition) is 2. The summed E-state index contributed by atoms with van der Waals surface area (Å²) in [5, 5.41) is 2.60. The van der Waals surface area contributed by atoms with Gasteiger partial charge in [0, 0.05) is 4.90 Å². The second-order valence-corrected chi connectivity index (χ2v) is 4.49. The van der Waals surface area contributed by atoms with Crippen molar-refractivity contribution >= 4 is 24.7 Å². The lowest BCUT2D eigenvalue weighted by Crippen LogP contribution is -2.38. The van der Waals surface area contributed by atoms with Gasteiger partial charge in [-0.2, -0.15) is 0 Å². The van der Waals surface area contributed by atoms with E-state index in [1.54, 1.807) is 0 Å². The number of cyclic esters (lactones) is 1. The first-order valence-corrected chi connectivity index (χ1v) is 5.88. The Morgan fingerprint density at radius 1 is 1.44 bits per heavy atom. The topological polar surface area (TPSA) is 64.6 Å². The molecule has 0 aromatic heterocycles. The molecule has 2 atom stereocenters. The van der Waals surface area contributed by atoms with E-state index in [2.05, 4.69) is 22.7 Å². The number of nitrogens with one attached hydrogen (secondary N) is 1. The minimum absolute atomic E-state index is 0.407. The molecule has 1 heterocycles. The van der Waals surface area contributed by atoms with Gasteiger partial charge < -0.3 is 14.8 Å². The van der Waals surface area contributed by atoms with Crippen molar-refractivity contribution < 1.29 is 19.1 Å². The predicted molar refractivity (Wildman–Crippen MR) is 66.6 cm³/mol. The van der Waals surface area contributed by atoms with Gasteiger partial charge in [-0.15, -0.1) is 12.6 Å². The van der Waals surface area contributed by atoms with Crippen LogP contribution >= 0.6 is 12.6 Å². The Kier molecular flexibility index (Phi) is 3.76. The number of methoxy groups -OCH3 is 1. The smallest absolute Gasteiger partial charge is 0.408 e. The summed E-state index contributed by atoms with van der Waals surface area (Å²) >= 11 is 4.19. The molecule has 6 heteroatoms. The van der Waals surface area contributed by atoms with E-state index in [1.165, 1.54) is 7.11 Å². The molecular formula is C12H13NO4S. The molecule has 1 amide bonds. The number of amides is 1. The Morgan fingerprint density at radius 2 is 2.11 bits per heavy atom. The lowest BCUT2D eigenvalue weighted by molar-refractivity contribution is -0.149. The van der Waals surface area contributed by atoms with Crippen molar-refractivity contribution in [2.45, 2.75) is 23.5 Å². The zero-order chi connectivity index (χ0) is 13.1. The molecule has 96 valence electrons. The van der Waals surface area contributed by atoms with Crippen molar-refractivity contribution in [2.75, 3.05) is 7.11 Å². The summed E-state index contributed by atoms with van der Waals surface area (Å²) in [6.07, 6.45) is -0.987. The summed E-state index contributed by atoms with van der Waals surface area (Å²) in [5.74, 6) is -0.552. The molecule has 2 unspecified atom stereocenters. The van der Waals surface area contributed by atoms with E-state index in [-0.39, 0.29) is 0 Å².